The minimum absolute atomic E-state index is 0.0190. The zero-order valence-corrected chi connectivity index (χ0v) is 13.1. The van der Waals surface area contributed by atoms with Gasteiger partial charge < -0.3 is 4.90 Å². The van der Waals surface area contributed by atoms with Crippen LogP contribution in [0.3, 0.4) is 0 Å². The number of likely N-dealkylation sites (tertiary alicyclic amines) is 1. The van der Waals surface area contributed by atoms with Gasteiger partial charge in [0.1, 0.15) is 9.84 Å². The fourth-order valence-corrected chi connectivity index (χ4v) is 2.98. The van der Waals surface area contributed by atoms with Gasteiger partial charge in [-0.25, -0.2) is 8.42 Å². The predicted octanol–water partition coefficient (Wildman–Crippen LogP) is 0.754. The van der Waals surface area contributed by atoms with E-state index in [-0.39, 0.29) is 24.2 Å². The molecule has 1 aliphatic heterocycles. The van der Waals surface area contributed by atoms with E-state index in [4.69, 9.17) is 0 Å². The first-order chi connectivity index (χ1) is 8.81. The molecule has 0 aromatic carbocycles. The second-order valence-corrected chi connectivity index (χ2v) is 7.78. The van der Waals surface area contributed by atoms with E-state index in [1.54, 1.807) is 7.05 Å². The van der Waals surface area contributed by atoms with Crippen LogP contribution < -0.4 is 0 Å². The third-order valence-electron chi connectivity index (χ3n) is 3.72. The molecule has 1 heterocycles. The minimum Gasteiger partial charge on any atom is -0.343 e. The summed E-state index contributed by atoms with van der Waals surface area (Å²) < 4.78 is 22.3. The van der Waals surface area contributed by atoms with Gasteiger partial charge in [-0.3, -0.25) is 9.69 Å². The summed E-state index contributed by atoms with van der Waals surface area (Å²) >= 11 is 0. The Morgan fingerprint density at radius 3 is 2.21 bits per heavy atom. The number of carbonyl (C=O) groups excluding carboxylic acids is 1. The Morgan fingerprint density at radius 2 is 1.74 bits per heavy atom. The van der Waals surface area contributed by atoms with Gasteiger partial charge in [0.2, 0.25) is 5.91 Å². The molecule has 0 unspecified atom stereocenters. The van der Waals surface area contributed by atoms with Crippen molar-refractivity contribution in [3.8, 4) is 0 Å². The Bertz CT molecular complexity index is 387. The van der Waals surface area contributed by atoms with E-state index in [0.717, 1.165) is 25.9 Å². The van der Waals surface area contributed by atoms with Crippen molar-refractivity contribution in [1.82, 2.24) is 9.80 Å². The van der Waals surface area contributed by atoms with Crippen LogP contribution in [0.1, 0.15) is 32.6 Å². The molecular weight excluding hydrogens is 264 g/mol. The van der Waals surface area contributed by atoms with Crippen LogP contribution >= 0.6 is 0 Å². The number of nitrogens with zero attached hydrogens (tertiary/aromatic N) is 2. The number of likely N-dealkylation sites (N-methyl/N-ethyl adjacent to an activating group) is 1. The molecule has 0 saturated carbocycles. The molecule has 0 aliphatic carbocycles. The number of rotatable bonds is 5. The van der Waals surface area contributed by atoms with Crippen molar-refractivity contribution in [3.05, 3.63) is 0 Å². The van der Waals surface area contributed by atoms with Crippen molar-refractivity contribution in [2.45, 2.75) is 38.6 Å². The van der Waals surface area contributed by atoms with Crippen LogP contribution in [0.4, 0.5) is 0 Å². The maximum Gasteiger partial charge on any atom is 0.239 e. The van der Waals surface area contributed by atoms with E-state index in [1.807, 2.05) is 6.92 Å². The quantitative estimate of drug-likeness (QED) is 0.750. The molecule has 1 atom stereocenters. The zero-order valence-electron chi connectivity index (χ0n) is 12.3. The van der Waals surface area contributed by atoms with Gasteiger partial charge in [-0.1, -0.05) is 12.8 Å². The van der Waals surface area contributed by atoms with Crippen LogP contribution in [-0.2, 0) is 14.6 Å². The lowest BCUT2D eigenvalue weighted by Gasteiger charge is -2.30. The Labute approximate surface area is 116 Å². The van der Waals surface area contributed by atoms with Crippen molar-refractivity contribution in [2.75, 3.05) is 38.7 Å². The molecule has 1 saturated heterocycles. The van der Waals surface area contributed by atoms with Crippen molar-refractivity contribution >= 4 is 15.7 Å². The van der Waals surface area contributed by atoms with Crippen molar-refractivity contribution < 1.29 is 13.2 Å². The van der Waals surface area contributed by atoms with E-state index in [9.17, 15) is 13.2 Å². The van der Waals surface area contributed by atoms with Crippen LogP contribution in [0.25, 0.3) is 0 Å². The highest BCUT2D eigenvalue weighted by Crippen LogP contribution is 2.13. The van der Waals surface area contributed by atoms with Crippen LogP contribution in [0.15, 0.2) is 0 Å². The molecule has 6 heteroatoms. The number of hydrogen-bond donors (Lipinski definition) is 0. The van der Waals surface area contributed by atoms with E-state index < -0.39 is 9.84 Å². The van der Waals surface area contributed by atoms with Gasteiger partial charge >= 0.3 is 0 Å². The topological polar surface area (TPSA) is 57.7 Å². The second kappa shape index (κ2) is 7.24. The highest BCUT2D eigenvalue weighted by atomic mass is 32.2. The number of sulfone groups is 1. The van der Waals surface area contributed by atoms with Crippen LogP contribution in [0.5, 0.6) is 0 Å². The first-order valence-electron chi connectivity index (χ1n) is 6.98. The van der Waals surface area contributed by atoms with Crippen LogP contribution in [0, 0.1) is 0 Å². The lowest BCUT2D eigenvalue weighted by atomic mass is 10.2. The normalized spacial score (nSPS) is 19.7. The Morgan fingerprint density at radius 1 is 1.21 bits per heavy atom. The van der Waals surface area contributed by atoms with Crippen molar-refractivity contribution in [3.63, 3.8) is 0 Å². The summed E-state index contributed by atoms with van der Waals surface area (Å²) in [6, 6.07) is -0.150. The van der Waals surface area contributed by atoms with Gasteiger partial charge in [0.05, 0.1) is 11.8 Å². The average Bonchev–Trinajstić information content (AvgIpc) is 2.62. The van der Waals surface area contributed by atoms with Gasteiger partial charge in [0.25, 0.3) is 0 Å². The molecule has 0 N–H and O–H groups in total. The minimum atomic E-state index is -3.02. The SMILES string of the molecule is C[C@H](C(=O)N(C)CCS(C)(=O)=O)N1CCCCCC1. The highest BCUT2D eigenvalue weighted by Gasteiger charge is 2.24. The standard InChI is InChI=1S/C13H26N2O3S/c1-12(15-8-6-4-5-7-9-15)13(16)14(2)10-11-19(3,17)18/h12H,4-11H2,1-3H3/t12-/m1/s1. The van der Waals surface area contributed by atoms with E-state index in [1.165, 1.54) is 24.0 Å². The van der Waals surface area contributed by atoms with E-state index >= 15 is 0 Å². The maximum absolute atomic E-state index is 12.3. The summed E-state index contributed by atoms with van der Waals surface area (Å²) in [5.74, 6) is 0.0488. The largest absolute Gasteiger partial charge is 0.343 e. The third kappa shape index (κ3) is 5.91. The lowest BCUT2D eigenvalue weighted by Crippen LogP contribution is -2.47. The van der Waals surface area contributed by atoms with Crippen LogP contribution in [0.2, 0.25) is 0 Å². The summed E-state index contributed by atoms with van der Waals surface area (Å²) in [6.07, 6.45) is 5.96. The van der Waals surface area contributed by atoms with Gasteiger partial charge in [-0.2, -0.15) is 0 Å². The van der Waals surface area contributed by atoms with Gasteiger partial charge in [-0.05, 0) is 32.9 Å². The monoisotopic (exact) mass is 290 g/mol. The highest BCUT2D eigenvalue weighted by molar-refractivity contribution is 7.90. The van der Waals surface area contributed by atoms with E-state index in [2.05, 4.69) is 4.90 Å². The molecule has 1 aliphatic rings. The Kier molecular flexibility index (Phi) is 6.26. The molecule has 0 radical (unpaired) electrons. The fraction of sp³-hybridized carbons (Fsp3) is 0.923. The molecule has 5 nitrogen and oxygen atoms in total. The second-order valence-electron chi connectivity index (χ2n) is 5.52. The number of carbonyl (C=O) groups is 1. The summed E-state index contributed by atoms with van der Waals surface area (Å²) in [5, 5.41) is 0. The van der Waals surface area contributed by atoms with Gasteiger partial charge in [0, 0.05) is 19.8 Å². The zero-order chi connectivity index (χ0) is 14.5. The van der Waals surface area contributed by atoms with Crippen LogP contribution in [-0.4, -0.2) is 68.9 Å². The first kappa shape index (κ1) is 16.4. The predicted molar refractivity (Wildman–Crippen MR) is 76.9 cm³/mol. The fourth-order valence-electron chi connectivity index (χ4n) is 2.37. The van der Waals surface area contributed by atoms with Crippen molar-refractivity contribution in [2.24, 2.45) is 0 Å². The molecule has 1 amide bonds. The number of amides is 1. The third-order valence-corrected chi connectivity index (χ3v) is 4.64. The van der Waals surface area contributed by atoms with E-state index in [0.29, 0.717) is 0 Å². The summed E-state index contributed by atoms with van der Waals surface area (Å²) in [6.45, 7) is 4.13. The van der Waals surface area contributed by atoms with Crippen molar-refractivity contribution in [1.29, 1.82) is 0 Å². The first-order valence-corrected chi connectivity index (χ1v) is 9.04. The molecule has 0 bridgehead atoms. The molecular formula is C13H26N2O3S. The molecule has 1 fully saturated rings. The lowest BCUT2D eigenvalue weighted by molar-refractivity contribution is -0.134. The molecule has 0 aromatic rings. The number of hydrogen-bond acceptors (Lipinski definition) is 4. The summed E-state index contributed by atoms with van der Waals surface area (Å²) in [4.78, 5) is 16.0. The van der Waals surface area contributed by atoms with Gasteiger partial charge in [0.15, 0.2) is 0 Å². The Balaban J connectivity index is 2.50. The average molecular weight is 290 g/mol. The maximum atomic E-state index is 12.3. The molecule has 19 heavy (non-hydrogen) atoms. The van der Waals surface area contributed by atoms with Gasteiger partial charge in [-0.15, -0.1) is 0 Å². The Hall–Kier alpha value is -0.620. The molecule has 0 aromatic heterocycles. The summed E-state index contributed by atoms with van der Waals surface area (Å²) in [5.41, 5.74) is 0. The smallest absolute Gasteiger partial charge is 0.239 e. The molecule has 0 spiro atoms. The summed E-state index contributed by atoms with van der Waals surface area (Å²) in [7, 11) is -1.33. The molecule has 112 valence electrons. The molecule has 1 rings (SSSR count).